The van der Waals surface area contributed by atoms with Crippen LogP contribution in [0, 0.1) is 0 Å². The molecule has 0 fully saturated rings. The normalized spacial score (nSPS) is 15.5. The van der Waals surface area contributed by atoms with Gasteiger partial charge in [-0.25, -0.2) is 9.69 Å². The lowest BCUT2D eigenvalue weighted by molar-refractivity contribution is -0.130. The van der Waals surface area contributed by atoms with E-state index in [4.69, 9.17) is 16.7 Å². The fourth-order valence-corrected chi connectivity index (χ4v) is 4.23. The molecule has 3 aromatic carbocycles. The van der Waals surface area contributed by atoms with Crippen molar-refractivity contribution in [2.45, 2.75) is 19.4 Å². The summed E-state index contributed by atoms with van der Waals surface area (Å²) in [6.07, 6.45) is 2.40. The molecule has 5 rings (SSSR count). The van der Waals surface area contributed by atoms with Gasteiger partial charge in [-0.1, -0.05) is 54.1 Å². The summed E-state index contributed by atoms with van der Waals surface area (Å²) < 4.78 is 1.82. The number of phenolic OH excluding ortho intramolecular Hbond substituents is 1. The molecular weight excluding hydrogens is 436 g/mol. The molecule has 1 aromatic heterocycles. The molecule has 1 aliphatic rings. The number of amides is 1. The number of nitrogens with zero attached hydrogens (tertiary/aromatic N) is 4. The molecule has 1 amide bonds. The first-order chi connectivity index (χ1) is 16.0. The van der Waals surface area contributed by atoms with Gasteiger partial charge in [0.1, 0.15) is 5.75 Å². The van der Waals surface area contributed by atoms with Gasteiger partial charge in [-0.2, -0.15) is 10.2 Å². The zero-order valence-electron chi connectivity index (χ0n) is 17.9. The topological polar surface area (TPSA) is 70.7 Å². The Hall–Kier alpha value is -3.90. The standard InChI is InChI=1S/C26H21ClN4O2/c1-17(32)31-24(15-23(28-31)21-9-5-6-10-25(21)33)22-16-30(20-7-3-2-4-8-20)29-26(22)18-11-13-19(27)14-12-18/h2-14,16,24,33H,15H2,1H3. The van der Waals surface area contributed by atoms with E-state index >= 15 is 0 Å². The molecule has 4 aromatic rings. The second-order valence-electron chi connectivity index (χ2n) is 7.87. The molecule has 0 aliphatic carbocycles. The van der Waals surface area contributed by atoms with E-state index < -0.39 is 0 Å². The fraction of sp³-hybridized carbons (Fsp3) is 0.115. The van der Waals surface area contributed by atoms with Crippen molar-refractivity contribution in [3.8, 4) is 22.7 Å². The Morgan fingerprint density at radius 3 is 2.39 bits per heavy atom. The Morgan fingerprint density at radius 1 is 1.00 bits per heavy atom. The fourth-order valence-electron chi connectivity index (χ4n) is 4.10. The van der Waals surface area contributed by atoms with Crippen LogP contribution in [0.1, 0.15) is 30.5 Å². The van der Waals surface area contributed by atoms with E-state index in [0.717, 1.165) is 22.5 Å². The van der Waals surface area contributed by atoms with Crippen LogP contribution < -0.4 is 0 Å². The summed E-state index contributed by atoms with van der Waals surface area (Å²) in [5.41, 5.74) is 4.69. The van der Waals surface area contributed by atoms with E-state index in [1.165, 1.54) is 11.9 Å². The van der Waals surface area contributed by atoms with Crippen molar-refractivity contribution in [3.63, 3.8) is 0 Å². The zero-order chi connectivity index (χ0) is 22.9. The van der Waals surface area contributed by atoms with E-state index in [0.29, 0.717) is 22.7 Å². The molecule has 0 bridgehead atoms. The zero-order valence-corrected chi connectivity index (χ0v) is 18.6. The molecule has 7 heteroatoms. The molecule has 0 saturated heterocycles. The van der Waals surface area contributed by atoms with Crippen LogP contribution in [0.3, 0.4) is 0 Å². The van der Waals surface area contributed by atoms with Crippen LogP contribution in [0.2, 0.25) is 5.02 Å². The quantitative estimate of drug-likeness (QED) is 0.434. The van der Waals surface area contributed by atoms with Crippen molar-refractivity contribution in [1.82, 2.24) is 14.8 Å². The number of hydrazone groups is 1. The highest BCUT2D eigenvalue weighted by Gasteiger charge is 2.35. The molecule has 164 valence electrons. The SMILES string of the molecule is CC(=O)N1N=C(c2ccccc2O)CC1c1cn(-c2ccccc2)nc1-c1ccc(Cl)cc1. The lowest BCUT2D eigenvalue weighted by atomic mass is 9.96. The van der Waals surface area contributed by atoms with Gasteiger partial charge in [0.25, 0.3) is 0 Å². The Morgan fingerprint density at radius 2 is 1.70 bits per heavy atom. The molecule has 1 atom stereocenters. The number of halogens is 1. The van der Waals surface area contributed by atoms with Gasteiger partial charge in [0, 0.05) is 41.3 Å². The molecule has 2 heterocycles. The third kappa shape index (κ3) is 4.01. The van der Waals surface area contributed by atoms with Crippen LogP contribution in [0.5, 0.6) is 5.75 Å². The lowest BCUT2D eigenvalue weighted by Crippen LogP contribution is -2.24. The smallest absolute Gasteiger partial charge is 0.240 e. The maximum Gasteiger partial charge on any atom is 0.240 e. The van der Waals surface area contributed by atoms with E-state index in [2.05, 4.69) is 5.10 Å². The molecule has 1 N–H and O–H groups in total. The number of aromatic nitrogens is 2. The molecule has 1 unspecified atom stereocenters. The molecule has 6 nitrogen and oxygen atoms in total. The summed E-state index contributed by atoms with van der Waals surface area (Å²) in [6, 6.07) is 24.0. The van der Waals surface area contributed by atoms with E-state index in [1.807, 2.05) is 77.6 Å². The van der Waals surface area contributed by atoms with Gasteiger partial charge in [0.05, 0.1) is 23.1 Å². The Bertz CT molecular complexity index is 1350. The number of hydrogen-bond acceptors (Lipinski definition) is 4. The molecule has 0 saturated carbocycles. The largest absolute Gasteiger partial charge is 0.507 e. The average Bonchev–Trinajstić information content (AvgIpc) is 3.46. The van der Waals surface area contributed by atoms with Crippen molar-refractivity contribution >= 4 is 23.2 Å². The first-order valence-electron chi connectivity index (χ1n) is 10.6. The first-order valence-corrected chi connectivity index (χ1v) is 11.0. The predicted octanol–water partition coefficient (Wildman–Crippen LogP) is 5.60. The molecular formula is C26H21ClN4O2. The maximum absolute atomic E-state index is 12.6. The Kier molecular flexibility index (Phi) is 5.44. The minimum atomic E-state index is -0.361. The van der Waals surface area contributed by atoms with Crippen molar-refractivity contribution in [3.05, 3.63) is 101 Å². The number of hydrogen-bond donors (Lipinski definition) is 1. The van der Waals surface area contributed by atoms with Crippen LogP contribution in [-0.2, 0) is 4.79 Å². The summed E-state index contributed by atoms with van der Waals surface area (Å²) >= 11 is 6.11. The summed E-state index contributed by atoms with van der Waals surface area (Å²) in [4.78, 5) is 12.6. The highest BCUT2D eigenvalue weighted by Crippen LogP contribution is 2.39. The Balaban J connectivity index is 1.63. The average molecular weight is 457 g/mol. The van der Waals surface area contributed by atoms with Gasteiger partial charge in [0.2, 0.25) is 5.91 Å². The van der Waals surface area contributed by atoms with Gasteiger partial charge in [-0.3, -0.25) is 4.79 Å². The van der Waals surface area contributed by atoms with E-state index in [9.17, 15) is 9.90 Å². The third-order valence-electron chi connectivity index (χ3n) is 5.69. The van der Waals surface area contributed by atoms with Gasteiger partial charge in [-0.15, -0.1) is 0 Å². The molecule has 0 spiro atoms. The number of carbonyl (C=O) groups excluding carboxylic acids is 1. The molecule has 33 heavy (non-hydrogen) atoms. The highest BCUT2D eigenvalue weighted by atomic mass is 35.5. The molecule has 1 aliphatic heterocycles. The van der Waals surface area contributed by atoms with Crippen molar-refractivity contribution in [2.75, 3.05) is 0 Å². The lowest BCUT2D eigenvalue weighted by Gasteiger charge is -2.20. The minimum absolute atomic E-state index is 0.137. The van der Waals surface area contributed by atoms with Crippen LogP contribution in [0.15, 0.2) is 90.2 Å². The number of carbonyl (C=O) groups is 1. The monoisotopic (exact) mass is 456 g/mol. The van der Waals surface area contributed by atoms with Gasteiger partial charge in [-0.05, 0) is 36.4 Å². The maximum atomic E-state index is 12.6. The number of rotatable bonds is 4. The summed E-state index contributed by atoms with van der Waals surface area (Å²) in [5, 5.41) is 21.9. The van der Waals surface area contributed by atoms with Gasteiger partial charge < -0.3 is 5.11 Å². The molecule has 0 radical (unpaired) electrons. The first kappa shape index (κ1) is 21.0. The number of benzene rings is 3. The second kappa shape index (κ2) is 8.56. The second-order valence-corrected chi connectivity index (χ2v) is 8.30. The van der Waals surface area contributed by atoms with Gasteiger partial charge >= 0.3 is 0 Å². The van der Waals surface area contributed by atoms with Gasteiger partial charge in [0.15, 0.2) is 0 Å². The van der Waals surface area contributed by atoms with E-state index in [-0.39, 0.29) is 17.7 Å². The number of para-hydroxylation sites is 2. The predicted molar refractivity (Wildman–Crippen MR) is 129 cm³/mol. The number of aromatic hydroxyl groups is 1. The van der Waals surface area contributed by atoms with Crippen molar-refractivity contribution < 1.29 is 9.90 Å². The highest BCUT2D eigenvalue weighted by molar-refractivity contribution is 6.30. The number of phenols is 1. The minimum Gasteiger partial charge on any atom is -0.507 e. The van der Waals surface area contributed by atoms with Crippen LogP contribution in [0.4, 0.5) is 0 Å². The van der Waals surface area contributed by atoms with Crippen molar-refractivity contribution in [2.24, 2.45) is 5.10 Å². The summed E-state index contributed by atoms with van der Waals surface area (Å²) in [7, 11) is 0. The third-order valence-corrected chi connectivity index (χ3v) is 5.94. The van der Waals surface area contributed by atoms with Crippen LogP contribution in [-0.4, -0.2) is 31.5 Å². The Labute approximate surface area is 196 Å². The van der Waals surface area contributed by atoms with E-state index in [1.54, 1.807) is 12.1 Å². The van der Waals surface area contributed by atoms with Crippen LogP contribution in [0.25, 0.3) is 16.9 Å². The van der Waals surface area contributed by atoms with Crippen molar-refractivity contribution in [1.29, 1.82) is 0 Å². The summed E-state index contributed by atoms with van der Waals surface area (Å²) in [5.74, 6) is -0.0433. The van der Waals surface area contributed by atoms with Crippen LogP contribution >= 0.6 is 11.6 Å². The summed E-state index contributed by atoms with van der Waals surface area (Å²) in [6.45, 7) is 1.49.